The van der Waals surface area contributed by atoms with E-state index in [-0.39, 0.29) is 17.1 Å². The van der Waals surface area contributed by atoms with E-state index in [0.29, 0.717) is 0 Å². The van der Waals surface area contributed by atoms with E-state index < -0.39 is 0 Å². The molecule has 0 atom stereocenters. The zero-order chi connectivity index (χ0) is 44.6. The summed E-state index contributed by atoms with van der Waals surface area (Å²) in [5.41, 5.74) is 19.1. The first kappa shape index (κ1) is 43.6. The molecule has 4 aromatic heterocycles. The number of fused-ring (bicyclic) bond motifs is 8. The average Bonchev–Trinajstić information content (AvgIpc) is 4.19. The number of hydrogen-bond donors (Lipinski definition) is 0. The summed E-state index contributed by atoms with van der Waals surface area (Å²) in [4.78, 5) is 11.0. The third-order valence-electron chi connectivity index (χ3n) is 12.0. The van der Waals surface area contributed by atoms with Crippen molar-refractivity contribution in [2.75, 3.05) is 0 Å². The van der Waals surface area contributed by atoms with E-state index in [9.17, 15) is 0 Å². The second-order valence-electron chi connectivity index (χ2n) is 16.6. The smallest absolute Gasteiger partial charge is 0.0730 e. The van der Waals surface area contributed by atoms with Crippen LogP contribution < -0.4 is 0 Å². The van der Waals surface area contributed by atoms with E-state index in [2.05, 4.69) is 189 Å². The molecule has 0 radical (unpaired) electrons. The molecule has 12 rings (SSSR count). The molecule has 8 bridgehead atoms. The molecule has 2 aliphatic heterocycles. The SMILES string of the molecule is Cc1ccc(-c2c3nc(c(-c4ccc(C)cc4)c4ccc(s4)c(-c4ccc(-n5cc(-c6ccc[cH-]6)nn5)cc4)c4nc(c(-c5ccc(C)cc5)c5ccc2s5)C=C4)C=C3)cc1.[Fe].c1cc[cH-]c1. The number of aromatic nitrogens is 5. The topological polar surface area (TPSA) is 56.5 Å². The molecule has 326 valence electrons. The van der Waals surface area contributed by atoms with Gasteiger partial charge in [-0.1, -0.05) is 107 Å². The Balaban J connectivity index is 0.000000823. The van der Waals surface area contributed by atoms with Crippen LogP contribution in [-0.4, -0.2) is 25.0 Å². The molecule has 0 N–H and O–H groups in total. The Kier molecular flexibility index (Phi) is 12.3. The fraction of sp³-hybridized carbons (Fsp3) is 0.0508. The molecule has 6 heterocycles. The van der Waals surface area contributed by atoms with Crippen LogP contribution >= 0.6 is 22.7 Å². The molecule has 0 saturated heterocycles. The minimum atomic E-state index is 0. The minimum Gasteiger partial charge on any atom is -0.248 e. The monoisotopic (exact) mass is 941 g/mol. The average molecular weight is 942 g/mol. The van der Waals surface area contributed by atoms with Crippen LogP contribution in [0.25, 0.3) is 105 Å². The maximum absolute atomic E-state index is 5.53. The summed E-state index contributed by atoms with van der Waals surface area (Å²) < 4.78 is 6.40. The van der Waals surface area contributed by atoms with Crippen molar-refractivity contribution in [2.45, 2.75) is 20.8 Å². The molecule has 10 aromatic rings. The first-order chi connectivity index (χ1) is 32.4. The summed E-state index contributed by atoms with van der Waals surface area (Å²) in [5.74, 6) is 0. The van der Waals surface area contributed by atoms with Crippen molar-refractivity contribution in [1.82, 2.24) is 25.0 Å². The third kappa shape index (κ3) is 8.88. The zero-order valence-electron chi connectivity index (χ0n) is 37.0. The van der Waals surface area contributed by atoms with Crippen molar-refractivity contribution < 1.29 is 17.1 Å². The number of aryl methyl sites for hydroxylation is 3. The van der Waals surface area contributed by atoms with Gasteiger partial charge in [-0.2, -0.15) is 41.5 Å². The summed E-state index contributed by atoms with van der Waals surface area (Å²) in [6, 6.07) is 62.2. The molecular weight excluding hydrogens is 899 g/mol. The van der Waals surface area contributed by atoms with Gasteiger partial charge in [0.25, 0.3) is 0 Å². The molecule has 8 heteroatoms. The van der Waals surface area contributed by atoms with Gasteiger partial charge in [0.1, 0.15) is 0 Å². The molecule has 5 nitrogen and oxygen atoms in total. The van der Waals surface area contributed by atoms with E-state index in [4.69, 9.17) is 9.97 Å². The summed E-state index contributed by atoms with van der Waals surface area (Å²) in [6.07, 6.45) is 10.7. The van der Waals surface area contributed by atoms with Crippen LogP contribution in [0.4, 0.5) is 0 Å². The second-order valence-corrected chi connectivity index (χ2v) is 18.8. The molecule has 0 saturated carbocycles. The predicted molar refractivity (Wildman–Crippen MR) is 280 cm³/mol. The summed E-state index contributed by atoms with van der Waals surface area (Å²) in [7, 11) is 0. The fourth-order valence-corrected chi connectivity index (χ4v) is 10.8. The Morgan fingerprint density at radius 2 is 0.821 bits per heavy atom. The van der Waals surface area contributed by atoms with Gasteiger partial charge in [0.2, 0.25) is 0 Å². The standard InChI is InChI=1S/C54H38N5S2.C5H5.Fe/c1-33-8-14-37(15-9-33)51-42-24-25-43(55-42)52(38-16-10-34(2)11-17-38)49-30-31-50(61-49)54(40-20-22-41(23-21-40)59-32-46(57-58-59)36-6-4-5-7-36)45-27-26-44(56-45)53(48-29-28-47(51)60-48)39-18-12-35(3)13-19-39;1-2-4-5-3-1;/h4-32H,1-3H3;1-5H;/q2*-1;. The molecule has 67 heavy (non-hydrogen) atoms. The maximum atomic E-state index is 5.53. The van der Waals surface area contributed by atoms with Crippen molar-refractivity contribution in [3.63, 3.8) is 0 Å². The van der Waals surface area contributed by atoms with Gasteiger partial charge in [0, 0.05) is 70.0 Å². The Labute approximate surface area is 409 Å². The van der Waals surface area contributed by atoms with E-state index >= 15 is 0 Å². The van der Waals surface area contributed by atoms with E-state index in [1.165, 1.54) is 16.7 Å². The molecule has 0 amide bonds. The van der Waals surface area contributed by atoms with Gasteiger partial charge in [0.05, 0.1) is 28.5 Å². The third-order valence-corrected chi connectivity index (χ3v) is 14.2. The normalized spacial score (nSPS) is 11.6. The Bertz CT molecular complexity index is 3510. The van der Waals surface area contributed by atoms with Crippen LogP contribution in [0.5, 0.6) is 0 Å². The van der Waals surface area contributed by atoms with Gasteiger partial charge in [-0.25, -0.2) is 26.8 Å². The number of benzene rings is 4. The number of hydrogen-bond acceptors (Lipinski definition) is 6. The largest absolute Gasteiger partial charge is 0.248 e. The van der Waals surface area contributed by atoms with Gasteiger partial charge in [-0.05, 0) is 104 Å². The Hall–Kier alpha value is -7.32. The van der Waals surface area contributed by atoms with Crippen LogP contribution in [0.3, 0.4) is 0 Å². The summed E-state index contributed by atoms with van der Waals surface area (Å²) in [5, 5.41) is 8.92. The van der Waals surface area contributed by atoms with Crippen molar-refractivity contribution in [3.8, 4) is 61.5 Å². The van der Waals surface area contributed by atoms with E-state index in [1.54, 1.807) is 22.7 Å². The molecule has 0 fully saturated rings. The van der Waals surface area contributed by atoms with E-state index in [0.717, 1.165) is 103 Å². The van der Waals surface area contributed by atoms with Crippen molar-refractivity contribution in [2.24, 2.45) is 0 Å². The molecule has 0 spiro atoms. The molecule has 6 aromatic carbocycles. The van der Waals surface area contributed by atoms with Crippen LogP contribution in [0.15, 0.2) is 182 Å². The van der Waals surface area contributed by atoms with Crippen molar-refractivity contribution in [1.29, 1.82) is 0 Å². The molecule has 0 unspecified atom stereocenters. The summed E-state index contributed by atoms with van der Waals surface area (Å²) >= 11 is 3.57. The number of rotatable bonds is 6. The zero-order valence-corrected chi connectivity index (χ0v) is 39.8. The van der Waals surface area contributed by atoms with Gasteiger partial charge in [-0.15, -0.1) is 34.3 Å². The molecule has 2 aliphatic rings. The van der Waals surface area contributed by atoms with Gasteiger partial charge in [0.15, 0.2) is 0 Å². The van der Waals surface area contributed by atoms with Crippen LogP contribution in [0, 0.1) is 20.8 Å². The van der Waals surface area contributed by atoms with Crippen molar-refractivity contribution >= 4 is 65.8 Å². The number of nitrogens with zero attached hydrogens (tertiary/aromatic N) is 5. The van der Waals surface area contributed by atoms with Crippen LogP contribution in [0.1, 0.15) is 39.5 Å². The molecular formula is C59H43FeN5S2-2. The minimum absolute atomic E-state index is 0. The van der Waals surface area contributed by atoms with Crippen LogP contribution in [0.2, 0.25) is 0 Å². The quantitative estimate of drug-likeness (QED) is 0.123. The van der Waals surface area contributed by atoms with Crippen LogP contribution in [-0.2, 0) is 17.1 Å². The Morgan fingerprint density at radius 1 is 0.433 bits per heavy atom. The predicted octanol–water partition coefficient (Wildman–Crippen LogP) is 16.1. The summed E-state index contributed by atoms with van der Waals surface area (Å²) in [6.45, 7) is 6.40. The fourth-order valence-electron chi connectivity index (χ4n) is 8.49. The first-order valence-corrected chi connectivity index (χ1v) is 23.7. The van der Waals surface area contributed by atoms with Gasteiger partial charge in [-0.3, -0.25) is 0 Å². The second kappa shape index (κ2) is 18.9. The van der Waals surface area contributed by atoms with Gasteiger partial charge >= 0.3 is 0 Å². The van der Waals surface area contributed by atoms with Crippen molar-refractivity contribution in [3.05, 3.63) is 222 Å². The number of thiophene rings is 2. The molecule has 0 aliphatic carbocycles. The first-order valence-electron chi connectivity index (χ1n) is 22.0. The maximum Gasteiger partial charge on any atom is 0.0730 e. The van der Waals surface area contributed by atoms with Gasteiger partial charge < -0.3 is 0 Å². The van der Waals surface area contributed by atoms with E-state index in [1.807, 2.05) is 53.3 Å². The Morgan fingerprint density at radius 3 is 1.16 bits per heavy atom.